The van der Waals surface area contributed by atoms with Crippen LogP contribution < -0.4 is 0 Å². The van der Waals surface area contributed by atoms with Crippen LogP contribution in [-0.4, -0.2) is 10.1 Å². The SMILES string of the molecule is Oc1ccc(-c2cc(-c3ccccc3)cc(-c3ccccc3)n2)cc1. The number of aromatic hydroxyl groups is 1. The van der Waals surface area contributed by atoms with Gasteiger partial charge in [-0.25, -0.2) is 4.98 Å². The number of benzene rings is 3. The first-order chi connectivity index (χ1) is 12.3. The monoisotopic (exact) mass is 323 g/mol. The molecule has 1 N–H and O–H groups in total. The van der Waals surface area contributed by atoms with Crippen LogP contribution in [0.3, 0.4) is 0 Å². The summed E-state index contributed by atoms with van der Waals surface area (Å²) in [5.74, 6) is 0.256. The summed E-state index contributed by atoms with van der Waals surface area (Å²) in [7, 11) is 0. The molecule has 0 atom stereocenters. The van der Waals surface area contributed by atoms with Gasteiger partial charge in [-0.3, -0.25) is 0 Å². The highest BCUT2D eigenvalue weighted by Crippen LogP contribution is 2.30. The van der Waals surface area contributed by atoms with Gasteiger partial charge in [-0.2, -0.15) is 0 Å². The molecule has 0 unspecified atom stereocenters. The standard InChI is InChI=1S/C23H17NO/c25-21-13-11-19(12-14-21)23-16-20(17-7-3-1-4-8-17)15-22(24-23)18-9-5-2-6-10-18/h1-16,25H. The number of rotatable bonds is 3. The average molecular weight is 323 g/mol. The van der Waals surface area contributed by atoms with Crippen LogP contribution in [0.5, 0.6) is 5.75 Å². The number of phenols is 1. The fourth-order valence-corrected chi connectivity index (χ4v) is 2.86. The van der Waals surface area contributed by atoms with Crippen LogP contribution in [0.25, 0.3) is 33.6 Å². The second kappa shape index (κ2) is 6.62. The van der Waals surface area contributed by atoms with Gasteiger partial charge in [0, 0.05) is 11.1 Å². The maximum atomic E-state index is 9.55. The Hall–Kier alpha value is -3.39. The molecular weight excluding hydrogens is 306 g/mol. The summed E-state index contributed by atoms with van der Waals surface area (Å²) in [6, 6.07) is 31.9. The van der Waals surface area contributed by atoms with Crippen molar-refractivity contribution < 1.29 is 5.11 Å². The predicted octanol–water partition coefficient (Wildman–Crippen LogP) is 5.79. The Morgan fingerprint density at radius 3 is 1.52 bits per heavy atom. The maximum Gasteiger partial charge on any atom is 0.115 e. The van der Waals surface area contributed by atoms with Gasteiger partial charge in [-0.15, -0.1) is 0 Å². The molecule has 4 aromatic rings. The van der Waals surface area contributed by atoms with Gasteiger partial charge in [0.05, 0.1) is 11.4 Å². The molecule has 4 rings (SSSR count). The third-order valence-electron chi connectivity index (χ3n) is 4.17. The van der Waals surface area contributed by atoms with E-state index in [0.717, 1.165) is 33.6 Å². The first kappa shape index (κ1) is 15.2. The van der Waals surface area contributed by atoms with E-state index in [9.17, 15) is 5.11 Å². The van der Waals surface area contributed by atoms with Gasteiger partial charge < -0.3 is 5.11 Å². The van der Waals surface area contributed by atoms with Crippen molar-refractivity contribution in [3.8, 4) is 39.4 Å². The summed E-state index contributed by atoms with van der Waals surface area (Å²) in [6.45, 7) is 0. The van der Waals surface area contributed by atoms with Gasteiger partial charge in [0.2, 0.25) is 0 Å². The topological polar surface area (TPSA) is 33.1 Å². The van der Waals surface area contributed by atoms with Crippen LogP contribution >= 0.6 is 0 Å². The van der Waals surface area contributed by atoms with Crippen LogP contribution in [0.4, 0.5) is 0 Å². The molecule has 3 aromatic carbocycles. The van der Waals surface area contributed by atoms with Gasteiger partial charge >= 0.3 is 0 Å². The number of hydrogen-bond acceptors (Lipinski definition) is 2. The zero-order valence-electron chi connectivity index (χ0n) is 13.6. The summed E-state index contributed by atoms with van der Waals surface area (Å²) in [5, 5.41) is 9.55. The van der Waals surface area contributed by atoms with Crippen molar-refractivity contribution in [2.45, 2.75) is 0 Å². The molecule has 2 nitrogen and oxygen atoms in total. The Balaban J connectivity index is 1.90. The second-order valence-electron chi connectivity index (χ2n) is 5.91. The van der Waals surface area contributed by atoms with Crippen molar-refractivity contribution in [3.63, 3.8) is 0 Å². The van der Waals surface area contributed by atoms with Crippen molar-refractivity contribution in [1.29, 1.82) is 0 Å². The van der Waals surface area contributed by atoms with Crippen LogP contribution in [-0.2, 0) is 0 Å². The van der Waals surface area contributed by atoms with Gasteiger partial charge in [-0.1, -0.05) is 60.7 Å². The quantitative estimate of drug-likeness (QED) is 0.518. The Bertz CT molecular complexity index is 920. The van der Waals surface area contributed by atoms with Gasteiger partial charge in [0.1, 0.15) is 5.75 Å². The van der Waals surface area contributed by atoms with E-state index in [1.807, 2.05) is 48.5 Å². The summed E-state index contributed by atoms with van der Waals surface area (Å²) < 4.78 is 0. The Kier molecular flexibility index (Phi) is 4.01. The molecule has 0 aliphatic carbocycles. The van der Waals surface area contributed by atoms with Crippen molar-refractivity contribution in [3.05, 3.63) is 97.1 Å². The van der Waals surface area contributed by atoms with Crippen LogP contribution in [0.15, 0.2) is 97.1 Å². The van der Waals surface area contributed by atoms with Crippen molar-refractivity contribution in [2.24, 2.45) is 0 Å². The number of aromatic nitrogens is 1. The minimum atomic E-state index is 0.256. The molecule has 0 radical (unpaired) electrons. The molecule has 2 heteroatoms. The Labute approximate surface area is 147 Å². The highest BCUT2D eigenvalue weighted by atomic mass is 16.3. The lowest BCUT2D eigenvalue weighted by Crippen LogP contribution is -1.91. The fourth-order valence-electron chi connectivity index (χ4n) is 2.86. The van der Waals surface area contributed by atoms with E-state index < -0.39 is 0 Å². The van der Waals surface area contributed by atoms with E-state index in [0.29, 0.717) is 0 Å². The molecular formula is C23H17NO. The van der Waals surface area contributed by atoms with Crippen LogP contribution in [0, 0.1) is 0 Å². The third-order valence-corrected chi connectivity index (χ3v) is 4.17. The molecule has 0 saturated carbocycles. The molecule has 25 heavy (non-hydrogen) atoms. The number of pyridine rings is 1. The van der Waals surface area contributed by atoms with Gasteiger partial charge in [0.25, 0.3) is 0 Å². The molecule has 120 valence electrons. The normalized spacial score (nSPS) is 10.6. The first-order valence-corrected chi connectivity index (χ1v) is 8.22. The van der Waals surface area contributed by atoms with Gasteiger partial charge in [-0.05, 0) is 47.5 Å². The molecule has 0 aliphatic heterocycles. The van der Waals surface area contributed by atoms with E-state index >= 15 is 0 Å². The summed E-state index contributed by atoms with van der Waals surface area (Å²) in [5.41, 5.74) is 6.16. The van der Waals surface area contributed by atoms with E-state index in [1.54, 1.807) is 12.1 Å². The zero-order valence-corrected chi connectivity index (χ0v) is 13.6. The average Bonchev–Trinajstić information content (AvgIpc) is 2.69. The van der Waals surface area contributed by atoms with Crippen molar-refractivity contribution in [1.82, 2.24) is 4.98 Å². The Morgan fingerprint density at radius 1 is 0.480 bits per heavy atom. The van der Waals surface area contributed by atoms with Crippen molar-refractivity contribution in [2.75, 3.05) is 0 Å². The summed E-state index contributed by atoms with van der Waals surface area (Å²) in [6.07, 6.45) is 0. The number of phenolic OH excluding ortho intramolecular Hbond substituents is 1. The van der Waals surface area contributed by atoms with E-state index in [4.69, 9.17) is 4.98 Å². The first-order valence-electron chi connectivity index (χ1n) is 8.22. The molecule has 1 aromatic heterocycles. The second-order valence-corrected chi connectivity index (χ2v) is 5.91. The predicted molar refractivity (Wildman–Crippen MR) is 102 cm³/mol. The lowest BCUT2D eigenvalue weighted by atomic mass is 10.00. The number of nitrogens with zero attached hydrogens (tertiary/aromatic N) is 1. The van der Waals surface area contributed by atoms with E-state index in [1.165, 1.54) is 0 Å². The Morgan fingerprint density at radius 2 is 0.960 bits per heavy atom. The molecule has 0 saturated heterocycles. The smallest absolute Gasteiger partial charge is 0.115 e. The minimum absolute atomic E-state index is 0.256. The molecule has 0 fully saturated rings. The highest BCUT2D eigenvalue weighted by molar-refractivity contribution is 5.76. The third kappa shape index (κ3) is 3.29. The van der Waals surface area contributed by atoms with E-state index in [-0.39, 0.29) is 5.75 Å². The summed E-state index contributed by atoms with van der Waals surface area (Å²) in [4.78, 5) is 4.85. The highest BCUT2D eigenvalue weighted by Gasteiger charge is 2.08. The molecule has 0 amide bonds. The van der Waals surface area contributed by atoms with E-state index in [2.05, 4.69) is 36.4 Å². The minimum Gasteiger partial charge on any atom is -0.508 e. The lowest BCUT2D eigenvalue weighted by molar-refractivity contribution is 0.475. The molecule has 0 spiro atoms. The van der Waals surface area contributed by atoms with Crippen molar-refractivity contribution >= 4 is 0 Å². The maximum absolute atomic E-state index is 9.55. The molecule has 0 aliphatic rings. The van der Waals surface area contributed by atoms with Crippen LogP contribution in [0.1, 0.15) is 0 Å². The zero-order chi connectivity index (χ0) is 17.1. The largest absolute Gasteiger partial charge is 0.508 e. The molecule has 1 heterocycles. The lowest BCUT2D eigenvalue weighted by Gasteiger charge is -2.10. The number of hydrogen-bond donors (Lipinski definition) is 1. The van der Waals surface area contributed by atoms with Gasteiger partial charge in [0.15, 0.2) is 0 Å². The molecule has 0 bridgehead atoms. The fraction of sp³-hybridized carbons (Fsp3) is 0. The van der Waals surface area contributed by atoms with Crippen LogP contribution in [0.2, 0.25) is 0 Å². The summed E-state index contributed by atoms with van der Waals surface area (Å²) >= 11 is 0.